The van der Waals surface area contributed by atoms with Crippen LogP contribution in [0.25, 0.3) is 11.1 Å². The summed E-state index contributed by atoms with van der Waals surface area (Å²) >= 11 is 5.96. The normalized spacial score (nSPS) is 11.2. The Hall–Kier alpha value is -2.21. The number of ether oxygens (including phenoxy) is 1. The Morgan fingerprint density at radius 1 is 1.05 bits per heavy atom. The Kier molecular flexibility index (Phi) is 4.09. The van der Waals surface area contributed by atoms with Gasteiger partial charge in [0, 0.05) is 11.1 Å². The Bertz CT molecular complexity index is 683. The summed E-state index contributed by atoms with van der Waals surface area (Å²) in [6.45, 7) is 0. The zero-order chi connectivity index (χ0) is 15.6. The van der Waals surface area contributed by atoms with E-state index < -0.39 is 18.1 Å². The van der Waals surface area contributed by atoms with Gasteiger partial charge in [0.1, 0.15) is 5.75 Å². The number of carboxylic acids is 1. The van der Waals surface area contributed by atoms with Gasteiger partial charge >= 0.3 is 12.3 Å². The van der Waals surface area contributed by atoms with E-state index in [0.717, 1.165) is 6.07 Å². The lowest BCUT2D eigenvalue weighted by atomic mass is 10.0. The highest BCUT2D eigenvalue weighted by atomic mass is 35.5. The van der Waals surface area contributed by atoms with E-state index in [4.69, 9.17) is 16.7 Å². The van der Waals surface area contributed by atoms with Crippen LogP contribution in [0.15, 0.2) is 42.5 Å². The number of hydrogen-bond acceptors (Lipinski definition) is 2. The number of carboxylic acid groups (broad SMARTS) is 1. The van der Waals surface area contributed by atoms with E-state index in [1.54, 1.807) is 0 Å². The fourth-order valence-corrected chi connectivity index (χ4v) is 2.12. The highest BCUT2D eigenvalue weighted by Gasteiger charge is 2.32. The molecule has 2 aromatic rings. The third kappa shape index (κ3) is 3.46. The molecule has 0 amide bonds. The Morgan fingerprint density at radius 2 is 1.67 bits per heavy atom. The summed E-state index contributed by atoms with van der Waals surface area (Å²) in [5.41, 5.74) is 0.00956. The molecule has 0 aromatic heterocycles. The third-order valence-corrected chi connectivity index (χ3v) is 3.04. The van der Waals surface area contributed by atoms with Gasteiger partial charge in [-0.3, -0.25) is 0 Å². The molecule has 0 radical (unpaired) electrons. The molecular weight excluding hydrogens is 309 g/mol. The molecule has 21 heavy (non-hydrogen) atoms. The maximum Gasteiger partial charge on any atom is 0.573 e. The van der Waals surface area contributed by atoms with Crippen molar-refractivity contribution in [3.05, 3.63) is 53.1 Å². The second-order valence-corrected chi connectivity index (χ2v) is 4.39. The average molecular weight is 317 g/mol. The minimum atomic E-state index is -4.85. The highest BCUT2D eigenvalue weighted by Crippen LogP contribution is 2.38. The van der Waals surface area contributed by atoms with Gasteiger partial charge in [0.25, 0.3) is 0 Å². The maximum absolute atomic E-state index is 12.4. The molecule has 0 aliphatic carbocycles. The number of hydrogen-bond donors (Lipinski definition) is 1. The first-order valence-electron chi connectivity index (χ1n) is 5.66. The minimum Gasteiger partial charge on any atom is -0.478 e. The SMILES string of the molecule is O=C(O)c1cccc(-c2ccccc2OC(F)(F)F)c1Cl. The molecule has 2 aromatic carbocycles. The minimum absolute atomic E-state index is 0.0583. The lowest BCUT2D eigenvalue weighted by Crippen LogP contribution is -2.17. The van der Waals surface area contributed by atoms with Crippen LogP contribution in [-0.2, 0) is 0 Å². The van der Waals surface area contributed by atoms with Gasteiger partial charge in [-0.25, -0.2) is 4.79 Å². The van der Waals surface area contributed by atoms with Crippen molar-refractivity contribution in [3.8, 4) is 16.9 Å². The van der Waals surface area contributed by atoms with Crippen LogP contribution in [0, 0.1) is 0 Å². The summed E-state index contributed by atoms with van der Waals surface area (Å²) < 4.78 is 41.1. The third-order valence-electron chi connectivity index (χ3n) is 2.63. The van der Waals surface area contributed by atoms with Crippen molar-refractivity contribution in [3.63, 3.8) is 0 Å². The molecule has 0 aliphatic rings. The number of carbonyl (C=O) groups is 1. The molecule has 3 nitrogen and oxygen atoms in total. The van der Waals surface area contributed by atoms with Gasteiger partial charge in [-0.15, -0.1) is 13.2 Å². The van der Waals surface area contributed by atoms with E-state index in [-0.39, 0.29) is 21.7 Å². The fourth-order valence-electron chi connectivity index (χ4n) is 1.81. The second-order valence-electron chi connectivity index (χ2n) is 4.02. The summed E-state index contributed by atoms with van der Waals surface area (Å²) in [6.07, 6.45) is -4.85. The molecule has 0 unspecified atom stereocenters. The lowest BCUT2D eigenvalue weighted by molar-refractivity contribution is -0.274. The Morgan fingerprint density at radius 3 is 2.29 bits per heavy atom. The fraction of sp³-hybridized carbons (Fsp3) is 0.0714. The second kappa shape index (κ2) is 5.65. The standard InChI is InChI=1S/C14H8ClF3O3/c15-12-9(5-3-6-10(12)13(19)20)8-4-1-2-7-11(8)21-14(16,17)18/h1-7H,(H,19,20). The summed E-state index contributed by atoms with van der Waals surface area (Å²) in [5.74, 6) is -1.72. The zero-order valence-electron chi connectivity index (χ0n) is 10.3. The number of rotatable bonds is 3. The Balaban J connectivity index is 2.58. The average Bonchev–Trinajstić information content (AvgIpc) is 2.38. The van der Waals surface area contributed by atoms with E-state index in [1.807, 2.05) is 0 Å². The molecule has 1 N–H and O–H groups in total. The van der Waals surface area contributed by atoms with Crippen molar-refractivity contribution in [2.24, 2.45) is 0 Å². The summed E-state index contributed by atoms with van der Waals surface area (Å²) in [5, 5.41) is 8.85. The van der Waals surface area contributed by atoms with Crippen LogP contribution in [0.1, 0.15) is 10.4 Å². The summed E-state index contributed by atoms with van der Waals surface area (Å²) in [4.78, 5) is 11.0. The van der Waals surface area contributed by atoms with E-state index in [0.29, 0.717) is 0 Å². The van der Waals surface area contributed by atoms with E-state index in [9.17, 15) is 18.0 Å². The van der Waals surface area contributed by atoms with Gasteiger partial charge < -0.3 is 9.84 Å². The molecule has 0 fully saturated rings. The maximum atomic E-state index is 12.4. The first-order valence-corrected chi connectivity index (χ1v) is 6.04. The zero-order valence-corrected chi connectivity index (χ0v) is 11.1. The van der Waals surface area contributed by atoms with Crippen molar-refractivity contribution in [1.29, 1.82) is 0 Å². The molecule has 2 rings (SSSR count). The molecule has 7 heteroatoms. The van der Waals surface area contributed by atoms with Crippen LogP contribution in [0.3, 0.4) is 0 Å². The van der Waals surface area contributed by atoms with Gasteiger partial charge in [-0.2, -0.15) is 0 Å². The highest BCUT2D eigenvalue weighted by molar-refractivity contribution is 6.36. The number of para-hydroxylation sites is 1. The van der Waals surface area contributed by atoms with Crippen molar-refractivity contribution >= 4 is 17.6 Å². The summed E-state index contributed by atoms with van der Waals surface area (Å²) in [7, 11) is 0. The van der Waals surface area contributed by atoms with Crippen LogP contribution in [0.4, 0.5) is 13.2 Å². The molecule has 0 spiro atoms. The van der Waals surface area contributed by atoms with Gasteiger partial charge in [0.15, 0.2) is 0 Å². The van der Waals surface area contributed by atoms with E-state index in [1.165, 1.54) is 36.4 Å². The number of alkyl halides is 3. The molecule has 0 atom stereocenters. The van der Waals surface area contributed by atoms with Gasteiger partial charge in [-0.05, 0) is 12.1 Å². The Labute approximate surface area is 122 Å². The lowest BCUT2D eigenvalue weighted by Gasteiger charge is -2.14. The van der Waals surface area contributed by atoms with Crippen LogP contribution < -0.4 is 4.74 Å². The molecular formula is C14H8ClF3O3. The molecule has 0 saturated heterocycles. The first kappa shape index (κ1) is 15.2. The van der Waals surface area contributed by atoms with Crippen LogP contribution in [0.5, 0.6) is 5.75 Å². The predicted octanol–water partition coefficient (Wildman–Crippen LogP) is 4.60. The predicted molar refractivity (Wildman–Crippen MR) is 70.5 cm³/mol. The smallest absolute Gasteiger partial charge is 0.478 e. The van der Waals surface area contributed by atoms with Gasteiger partial charge in [0.2, 0.25) is 0 Å². The molecule has 110 valence electrons. The van der Waals surface area contributed by atoms with Crippen molar-refractivity contribution in [2.75, 3.05) is 0 Å². The molecule has 0 bridgehead atoms. The molecule has 0 heterocycles. The van der Waals surface area contributed by atoms with Crippen molar-refractivity contribution < 1.29 is 27.8 Å². The van der Waals surface area contributed by atoms with Gasteiger partial charge in [-0.1, -0.05) is 41.9 Å². The summed E-state index contributed by atoms with van der Waals surface area (Å²) in [6, 6.07) is 9.46. The van der Waals surface area contributed by atoms with Crippen LogP contribution in [0.2, 0.25) is 5.02 Å². The van der Waals surface area contributed by atoms with Crippen molar-refractivity contribution in [1.82, 2.24) is 0 Å². The number of benzene rings is 2. The molecule has 0 saturated carbocycles. The number of halogens is 4. The topological polar surface area (TPSA) is 46.5 Å². The quantitative estimate of drug-likeness (QED) is 0.900. The monoisotopic (exact) mass is 316 g/mol. The number of aromatic carboxylic acids is 1. The van der Waals surface area contributed by atoms with Crippen LogP contribution >= 0.6 is 11.6 Å². The largest absolute Gasteiger partial charge is 0.573 e. The first-order chi connectivity index (χ1) is 9.79. The molecule has 0 aliphatic heterocycles. The van der Waals surface area contributed by atoms with Crippen molar-refractivity contribution in [2.45, 2.75) is 6.36 Å². The van der Waals surface area contributed by atoms with E-state index >= 15 is 0 Å². The van der Waals surface area contributed by atoms with Gasteiger partial charge in [0.05, 0.1) is 10.6 Å². The van der Waals surface area contributed by atoms with E-state index in [2.05, 4.69) is 4.74 Å². The van der Waals surface area contributed by atoms with Crippen LogP contribution in [-0.4, -0.2) is 17.4 Å².